The number of nitrogens with zero attached hydrogens (tertiary/aromatic N) is 2. The topological polar surface area (TPSA) is 59.0 Å². The number of hydrogen-bond acceptors (Lipinski definition) is 3. The van der Waals surface area contributed by atoms with Gasteiger partial charge in [-0.15, -0.1) is 12.4 Å². The molecule has 1 aromatic carbocycles. The van der Waals surface area contributed by atoms with Gasteiger partial charge in [0.15, 0.2) is 0 Å². The van der Waals surface area contributed by atoms with Gasteiger partial charge in [0, 0.05) is 31.0 Å². The molecule has 0 fully saturated rings. The Morgan fingerprint density at radius 3 is 3.05 bits per heavy atom. The maximum Gasteiger partial charge on any atom is 0.256 e. The number of nitrogens with one attached hydrogen (secondary N) is 2. The Morgan fingerprint density at radius 2 is 2.30 bits per heavy atom. The fraction of sp³-hybridized carbons (Fsp3) is 0.286. The van der Waals surface area contributed by atoms with Gasteiger partial charge in [-0.2, -0.15) is 5.10 Å². The Morgan fingerprint density at radius 1 is 1.45 bits per heavy atom. The van der Waals surface area contributed by atoms with Crippen molar-refractivity contribution < 1.29 is 4.79 Å². The second-order valence-electron chi connectivity index (χ2n) is 4.72. The maximum absolute atomic E-state index is 12.3. The van der Waals surface area contributed by atoms with Gasteiger partial charge in [0.1, 0.15) is 0 Å². The zero-order chi connectivity index (χ0) is 13.2. The summed E-state index contributed by atoms with van der Waals surface area (Å²) in [6.07, 6.45) is 5.43. The first kappa shape index (κ1) is 14.4. The predicted molar refractivity (Wildman–Crippen MR) is 81.7 cm³/mol. The molecule has 1 amide bonds. The van der Waals surface area contributed by atoms with Crippen LogP contribution in [0.5, 0.6) is 0 Å². The summed E-state index contributed by atoms with van der Waals surface area (Å²) in [5.74, 6) is -0.0754. The number of carbonyl (C=O) groups is 1. The molecular formula is C14H17ClN4O. The highest BCUT2D eigenvalue weighted by atomic mass is 35.5. The summed E-state index contributed by atoms with van der Waals surface area (Å²) in [7, 11) is 1.82. The molecule has 2 aromatic rings. The van der Waals surface area contributed by atoms with Gasteiger partial charge in [-0.25, -0.2) is 0 Å². The number of aryl methyl sites for hydroxylation is 1. The third-order valence-electron chi connectivity index (χ3n) is 3.30. The molecule has 0 saturated heterocycles. The van der Waals surface area contributed by atoms with E-state index in [0.29, 0.717) is 5.69 Å². The number of hydrogen-bond donors (Lipinski definition) is 2. The van der Waals surface area contributed by atoms with Crippen molar-refractivity contribution in [1.29, 1.82) is 0 Å². The predicted octanol–water partition coefficient (Wildman–Crippen LogP) is 2.45. The first-order valence-corrected chi connectivity index (χ1v) is 6.40. The van der Waals surface area contributed by atoms with Gasteiger partial charge in [0.05, 0.1) is 11.9 Å². The lowest BCUT2D eigenvalue weighted by atomic mass is 9.97. The van der Waals surface area contributed by atoms with Crippen molar-refractivity contribution in [2.24, 2.45) is 7.05 Å². The van der Waals surface area contributed by atoms with Crippen molar-refractivity contribution in [3.63, 3.8) is 0 Å². The van der Waals surface area contributed by atoms with E-state index in [1.807, 2.05) is 25.2 Å². The smallest absolute Gasteiger partial charge is 0.256 e. The fourth-order valence-electron chi connectivity index (χ4n) is 2.41. The standard InChI is InChI=1S/C14H16N4O.ClH/c1-18-9-10(8-16-18)17-14(19)12-4-2-6-13-11(12)5-3-7-15-13;/h2,4,6,8-9,15H,3,5,7H2,1H3,(H,17,19);1H. The largest absolute Gasteiger partial charge is 0.385 e. The number of fused-ring (bicyclic) bond motifs is 1. The minimum absolute atomic E-state index is 0. The molecule has 0 atom stereocenters. The Bertz CT molecular complexity index is 623. The van der Waals surface area contributed by atoms with Crippen LogP contribution in [0.15, 0.2) is 30.6 Å². The summed E-state index contributed by atoms with van der Waals surface area (Å²) in [4.78, 5) is 12.3. The molecule has 0 bridgehead atoms. The third-order valence-corrected chi connectivity index (χ3v) is 3.30. The summed E-state index contributed by atoms with van der Waals surface area (Å²) >= 11 is 0. The number of anilines is 2. The highest BCUT2D eigenvalue weighted by Crippen LogP contribution is 2.25. The SMILES string of the molecule is Cl.Cn1cc(NC(=O)c2cccc3c2CCCN3)cn1. The summed E-state index contributed by atoms with van der Waals surface area (Å²) in [5, 5.41) is 10.2. The Hall–Kier alpha value is -2.01. The van der Waals surface area contributed by atoms with Crippen molar-refractivity contribution in [2.75, 3.05) is 17.2 Å². The van der Waals surface area contributed by atoms with E-state index in [0.717, 1.165) is 36.2 Å². The Balaban J connectivity index is 0.00000147. The van der Waals surface area contributed by atoms with E-state index in [9.17, 15) is 4.79 Å². The summed E-state index contributed by atoms with van der Waals surface area (Å²) in [5.41, 5.74) is 3.64. The van der Waals surface area contributed by atoms with E-state index in [2.05, 4.69) is 15.7 Å². The van der Waals surface area contributed by atoms with E-state index in [1.54, 1.807) is 17.1 Å². The first-order valence-electron chi connectivity index (χ1n) is 6.40. The molecule has 1 aromatic heterocycles. The number of amides is 1. The van der Waals surface area contributed by atoms with Gasteiger partial charge >= 0.3 is 0 Å². The molecule has 20 heavy (non-hydrogen) atoms. The monoisotopic (exact) mass is 292 g/mol. The summed E-state index contributed by atoms with van der Waals surface area (Å²) < 4.78 is 1.66. The number of aromatic nitrogens is 2. The molecule has 5 nitrogen and oxygen atoms in total. The van der Waals surface area contributed by atoms with Crippen LogP contribution < -0.4 is 10.6 Å². The number of benzene rings is 1. The van der Waals surface area contributed by atoms with Crippen LogP contribution in [-0.2, 0) is 13.5 Å². The second kappa shape index (κ2) is 5.96. The number of halogens is 1. The zero-order valence-corrected chi connectivity index (χ0v) is 12.0. The molecule has 1 aliphatic rings. The molecule has 0 saturated carbocycles. The lowest BCUT2D eigenvalue weighted by molar-refractivity contribution is 0.102. The van der Waals surface area contributed by atoms with E-state index in [1.165, 1.54) is 0 Å². The lowest BCUT2D eigenvalue weighted by Gasteiger charge is -2.20. The van der Waals surface area contributed by atoms with Gasteiger partial charge < -0.3 is 10.6 Å². The van der Waals surface area contributed by atoms with Crippen molar-refractivity contribution in [1.82, 2.24) is 9.78 Å². The quantitative estimate of drug-likeness (QED) is 0.894. The Kier molecular flexibility index (Phi) is 4.29. The van der Waals surface area contributed by atoms with Gasteiger partial charge in [-0.1, -0.05) is 6.07 Å². The zero-order valence-electron chi connectivity index (χ0n) is 11.2. The van der Waals surface area contributed by atoms with E-state index >= 15 is 0 Å². The first-order chi connectivity index (χ1) is 9.24. The van der Waals surface area contributed by atoms with Gasteiger partial charge in [-0.3, -0.25) is 9.48 Å². The lowest BCUT2D eigenvalue weighted by Crippen LogP contribution is -2.19. The molecule has 106 valence electrons. The van der Waals surface area contributed by atoms with Crippen LogP contribution in [0.3, 0.4) is 0 Å². The molecule has 3 rings (SSSR count). The van der Waals surface area contributed by atoms with Crippen LogP contribution in [-0.4, -0.2) is 22.2 Å². The summed E-state index contributed by atoms with van der Waals surface area (Å²) in [6, 6.07) is 5.81. The van der Waals surface area contributed by atoms with Crippen LogP contribution in [0.4, 0.5) is 11.4 Å². The van der Waals surface area contributed by atoms with Crippen LogP contribution >= 0.6 is 12.4 Å². The van der Waals surface area contributed by atoms with E-state index in [-0.39, 0.29) is 18.3 Å². The van der Waals surface area contributed by atoms with Gasteiger partial charge in [-0.05, 0) is 30.5 Å². The highest BCUT2D eigenvalue weighted by molar-refractivity contribution is 6.06. The molecule has 2 heterocycles. The number of carbonyl (C=O) groups excluding carboxylic acids is 1. The van der Waals surface area contributed by atoms with Crippen LogP contribution in [0, 0.1) is 0 Å². The molecule has 2 N–H and O–H groups in total. The normalized spacial score (nSPS) is 12.8. The second-order valence-corrected chi connectivity index (χ2v) is 4.72. The average Bonchev–Trinajstić information content (AvgIpc) is 2.83. The molecule has 0 spiro atoms. The number of rotatable bonds is 2. The van der Waals surface area contributed by atoms with Crippen LogP contribution in [0.2, 0.25) is 0 Å². The minimum atomic E-state index is -0.0754. The molecule has 0 radical (unpaired) electrons. The van der Waals surface area contributed by atoms with E-state index < -0.39 is 0 Å². The molecular weight excluding hydrogens is 276 g/mol. The van der Waals surface area contributed by atoms with Crippen molar-refractivity contribution in [2.45, 2.75) is 12.8 Å². The minimum Gasteiger partial charge on any atom is -0.385 e. The average molecular weight is 293 g/mol. The molecule has 6 heteroatoms. The maximum atomic E-state index is 12.3. The van der Waals surface area contributed by atoms with Crippen molar-refractivity contribution in [3.05, 3.63) is 41.7 Å². The van der Waals surface area contributed by atoms with E-state index in [4.69, 9.17) is 0 Å². The van der Waals surface area contributed by atoms with Gasteiger partial charge in [0.2, 0.25) is 0 Å². The highest BCUT2D eigenvalue weighted by Gasteiger charge is 2.17. The Labute approximate surface area is 123 Å². The van der Waals surface area contributed by atoms with Crippen molar-refractivity contribution >= 4 is 29.7 Å². The van der Waals surface area contributed by atoms with Gasteiger partial charge in [0.25, 0.3) is 5.91 Å². The molecule has 0 aliphatic carbocycles. The molecule has 1 aliphatic heterocycles. The fourth-order valence-corrected chi connectivity index (χ4v) is 2.41. The third kappa shape index (κ3) is 2.77. The molecule has 0 unspecified atom stereocenters. The van der Waals surface area contributed by atoms with Crippen molar-refractivity contribution in [3.8, 4) is 0 Å². The van der Waals surface area contributed by atoms with Crippen LogP contribution in [0.25, 0.3) is 0 Å². The van der Waals surface area contributed by atoms with Crippen LogP contribution in [0.1, 0.15) is 22.3 Å². The summed E-state index contributed by atoms with van der Waals surface area (Å²) in [6.45, 7) is 0.973.